The zero-order valence-corrected chi connectivity index (χ0v) is 11.6. The molecule has 0 heterocycles. The van der Waals surface area contributed by atoms with E-state index in [9.17, 15) is 4.79 Å². The van der Waals surface area contributed by atoms with Crippen molar-refractivity contribution in [3.05, 3.63) is 34.9 Å². The van der Waals surface area contributed by atoms with Gasteiger partial charge in [-0.2, -0.15) is 0 Å². The zero-order valence-electron chi connectivity index (χ0n) is 10.00. The largest absolute Gasteiger partial charge is 0.354 e. The van der Waals surface area contributed by atoms with Gasteiger partial charge in [-0.3, -0.25) is 4.79 Å². The predicted molar refractivity (Wildman–Crippen MR) is 74.1 cm³/mol. The molecule has 1 amide bonds. The summed E-state index contributed by atoms with van der Waals surface area (Å²) in [5, 5.41) is 6.49. The molecule has 1 unspecified atom stereocenters. The van der Waals surface area contributed by atoms with Crippen LogP contribution in [0.3, 0.4) is 0 Å². The number of amides is 1. The Hall–Kier alpha value is -0.770. The molecule has 3 nitrogen and oxygen atoms in total. The number of rotatable bonds is 5. The molecule has 1 rings (SSSR count). The first-order chi connectivity index (χ1) is 7.65. The van der Waals surface area contributed by atoms with E-state index in [4.69, 9.17) is 11.6 Å². The summed E-state index contributed by atoms with van der Waals surface area (Å²) >= 11 is 5.88. The summed E-state index contributed by atoms with van der Waals surface area (Å²) in [7, 11) is 1.85. The first-order valence-electron chi connectivity index (χ1n) is 5.33. The van der Waals surface area contributed by atoms with Gasteiger partial charge in [-0.05, 0) is 31.7 Å². The van der Waals surface area contributed by atoms with E-state index < -0.39 is 0 Å². The van der Waals surface area contributed by atoms with Crippen LogP contribution in [0.1, 0.15) is 18.4 Å². The van der Waals surface area contributed by atoms with Crippen LogP contribution in [-0.2, 0) is 4.79 Å². The minimum atomic E-state index is -0.171. The van der Waals surface area contributed by atoms with E-state index >= 15 is 0 Å². The topological polar surface area (TPSA) is 41.1 Å². The molecular formula is C12H18Cl2N2O. The standard InChI is InChI=1S/C12H17ClN2O.ClH/c1-9(12(16)15-7-6-14-2)10-4-3-5-11(13)8-10;/h3-5,8-9,14H,6-7H2,1-2H3,(H,15,16);1H. The summed E-state index contributed by atoms with van der Waals surface area (Å²) in [6.45, 7) is 3.29. The van der Waals surface area contributed by atoms with Crippen LogP contribution in [0.25, 0.3) is 0 Å². The van der Waals surface area contributed by atoms with Gasteiger partial charge in [0, 0.05) is 18.1 Å². The van der Waals surface area contributed by atoms with Crippen LogP contribution < -0.4 is 10.6 Å². The molecule has 0 saturated heterocycles. The summed E-state index contributed by atoms with van der Waals surface area (Å²) in [6, 6.07) is 7.39. The fourth-order valence-corrected chi connectivity index (χ4v) is 1.59. The number of likely N-dealkylation sites (N-methyl/N-ethyl adjacent to an activating group) is 1. The van der Waals surface area contributed by atoms with Crippen molar-refractivity contribution >= 4 is 29.9 Å². The highest BCUT2D eigenvalue weighted by Gasteiger charge is 2.14. The van der Waals surface area contributed by atoms with Gasteiger partial charge in [-0.25, -0.2) is 0 Å². The highest BCUT2D eigenvalue weighted by Crippen LogP contribution is 2.19. The lowest BCUT2D eigenvalue weighted by molar-refractivity contribution is -0.122. The first kappa shape index (κ1) is 16.2. The third-order valence-electron chi connectivity index (χ3n) is 2.42. The van der Waals surface area contributed by atoms with E-state index in [1.54, 1.807) is 6.07 Å². The van der Waals surface area contributed by atoms with Crippen molar-refractivity contribution in [1.82, 2.24) is 10.6 Å². The summed E-state index contributed by atoms with van der Waals surface area (Å²) in [5.41, 5.74) is 0.939. The van der Waals surface area contributed by atoms with Gasteiger partial charge in [0.05, 0.1) is 5.92 Å². The molecule has 5 heteroatoms. The molecular weight excluding hydrogens is 259 g/mol. The van der Waals surface area contributed by atoms with Gasteiger partial charge in [0.2, 0.25) is 5.91 Å². The average molecular weight is 277 g/mol. The number of carbonyl (C=O) groups is 1. The fraction of sp³-hybridized carbons (Fsp3) is 0.417. The second kappa shape index (κ2) is 8.34. The van der Waals surface area contributed by atoms with Gasteiger partial charge >= 0.3 is 0 Å². The Bertz CT molecular complexity index is 358. The summed E-state index contributed by atoms with van der Waals surface area (Å²) < 4.78 is 0. The Morgan fingerprint density at radius 2 is 2.12 bits per heavy atom. The second-order valence-corrected chi connectivity index (χ2v) is 4.11. The van der Waals surface area contributed by atoms with Crippen LogP contribution in [-0.4, -0.2) is 26.0 Å². The molecule has 17 heavy (non-hydrogen) atoms. The SMILES string of the molecule is CNCCNC(=O)C(C)c1cccc(Cl)c1.Cl. The molecule has 0 bridgehead atoms. The van der Waals surface area contributed by atoms with Crippen LogP contribution in [0.2, 0.25) is 5.02 Å². The minimum absolute atomic E-state index is 0. The van der Waals surface area contributed by atoms with Crippen molar-refractivity contribution in [2.45, 2.75) is 12.8 Å². The van der Waals surface area contributed by atoms with Gasteiger partial charge in [0.25, 0.3) is 0 Å². The quantitative estimate of drug-likeness (QED) is 0.810. The first-order valence-corrected chi connectivity index (χ1v) is 5.70. The van der Waals surface area contributed by atoms with E-state index in [-0.39, 0.29) is 24.2 Å². The average Bonchev–Trinajstić information content (AvgIpc) is 2.28. The highest BCUT2D eigenvalue weighted by atomic mass is 35.5. The number of hydrogen-bond acceptors (Lipinski definition) is 2. The molecule has 0 aliphatic carbocycles. The number of hydrogen-bond donors (Lipinski definition) is 2. The van der Waals surface area contributed by atoms with Crippen molar-refractivity contribution in [3.8, 4) is 0 Å². The van der Waals surface area contributed by atoms with Crippen molar-refractivity contribution in [1.29, 1.82) is 0 Å². The molecule has 0 aromatic heterocycles. The summed E-state index contributed by atoms with van der Waals surface area (Å²) in [6.07, 6.45) is 0. The van der Waals surface area contributed by atoms with E-state index in [1.807, 2.05) is 32.2 Å². The minimum Gasteiger partial charge on any atom is -0.354 e. The Labute approximate surface area is 113 Å². The van der Waals surface area contributed by atoms with Crippen LogP contribution in [0.5, 0.6) is 0 Å². The Kier molecular flexibility index (Phi) is 7.96. The fourth-order valence-electron chi connectivity index (χ4n) is 1.39. The molecule has 0 spiro atoms. The van der Waals surface area contributed by atoms with Gasteiger partial charge in [-0.1, -0.05) is 23.7 Å². The van der Waals surface area contributed by atoms with Crippen LogP contribution in [0, 0.1) is 0 Å². The van der Waals surface area contributed by atoms with Crippen LogP contribution in [0.4, 0.5) is 0 Å². The molecule has 0 aliphatic rings. The maximum absolute atomic E-state index is 11.7. The van der Waals surface area contributed by atoms with E-state index in [2.05, 4.69) is 10.6 Å². The van der Waals surface area contributed by atoms with Crippen LogP contribution >= 0.6 is 24.0 Å². The van der Waals surface area contributed by atoms with Crippen molar-refractivity contribution < 1.29 is 4.79 Å². The molecule has 96 valence electrons. The number of carbonyl (C=O) groups excluding carboxylic acids is 1. The molecule has 0 saturated carbocycles. The van der Waals surface area contributed by atoms with Gasteiger partial charge < -0.3 is 10.6 Å². The lowest BCUT2D eigenvalue weighted by atomic mass is 10.0. The monoisotopic (exact) mass is 276 g/mol. The summed E-state index contributed by atoms with van der Waals surface area (Å²) in [5.74, 6) is -0.145. The Balaban J connectivity index is 0.00000256. The molecule has 2 N–H and O–H groups in total. The third kappa shape index (κ3) is 5.39. The number of benzene rings is 1. The zero-order chi connectivity index (χ0) is 12.0. The number of halogens is 2. The van der Waals surface area contributed by atoms with Gasteiger partial charge in [0.1, 0.15) is 0 Å². The molecule has 1 aromatic carbocycles. The van der Waals surface area contributed by atoms with Gasteiger partial charge in [-0.15, -0.1) is 12.4 Å². The molecule has 0 radical (unpaired) electrons. The van der Waals surface area contributed by atoms with E-state index in [0.29, 0.717) is 11.6 Å². The third-order valence-corrected chi connectivity index (χ3v) is 2.65. The van der Waals surface area contributed by atoms with Gasteiger partial charge in [0.15, 0.2) is 0 Å². The van der Waals surface area contributed by atoms with E-state index in [0.717, 1.165) is 12.1 Å². The molecule has 1 aromatic rings. The molecule has 1 atom stereocenters. The maximum atomic E-state index is 11.7. The van der Waals surface area contributed by atoms with Crippen molar-refractivity contribution in [2.24, 2.45) is 0 Å². The maximum Gasteiger partial charge on any atom is 0.227 e. The van der Waals surface area contributed by atoms with Crippen molar-refractivity contribution in [2.75, 3.05) is 20.1 Å². The van der Waals surface area contributed by atoms with Crippen LogP contribution in [0.15, 0.2) is 24.3 Å². The highest BCUT2D eigenvalue weighted by molar-refractivity contribution is 6.30. The predicted octanol–water partition coefficient (Wildman–Crippen LogP) is 2.20. The second-order valence-electron chi connectivity index (χ2n) is 3.67. The smallest absolute Gasteiger partial charge is 0.227 e. The summed E-state index contributed by atoms with van der Waals surface area (Å²) in [4.78, 5) is 11.7. The normalized spacial score (nSPS) is 11.5. The van der Waals surface area contributed by atoms with E-state index in [1.165, 1.54) is 0 Å². The lowest BCUT2D eigenvalue weighted by Gasteiger charge is -2.12. The Morgan fingerprint density at radius 3 is 2.71 bits per heavy atom. The lowest BCUT2D eigenvalue weighted by Crippen LogP contribution is -2.33. The molecule has 0 aliphatic heterocycles. The van der Waals surface area contributed by atoms with Crippen molar-refractivity contribution in [3.63, 3.8) is 0 Å². The number of nitrogens with one attached hydrogen (secondary N) is 2. The molecule has 0 fully saturated rings. The Morgan fingerprint density at radius 1 is 1.41 bits per heavy atom.